The fraction of sp³-hybridized carbons (Fsp3) is 0.250. The normalized spacial score (nSPS) is 13.6. The first-order chi connectivity index (χ1) is 9.72. The summed E-state index contributed by atoms with van der Waals surface area (Å²) in [5, 5.41) is 9.91. The van der Waals surface area contributed by atoms with E-state index in [1.807, 2.05) is 24.3 Å². The predicted octanol–water partition coefficient (Wildman–Crippen LogP) is 3.45. The third-order valence-corrected chi connectivity index (χ3v) is 4.10. The van der Waals surface area contributed by atoms with E-state index in [1.54, 1.807) is 6.07 Å². The van der Waals surface area contributed by atoms with E-state index >= 15 is 0 Å². The summed E-state index contributed by atoms with van der Waals surface area (Å²) in [6.45, 7) is 0. The summed E-state index contributed by atoms with van der Waals surface area (Å²) >= 11 is 6.26. The molecule has 0 unspecified atom stereocenters. The molecule has 1 aromatic carbocycles. The molecule has 0 aliphatic heterocycles. The molecule has 0 amide bonds. The van der Waals surface area contributed by atoms with Crippen LogP contribution in [0.2, 0.25) is 5.02 Å². The minimum absolute atomic E-state index is 0.166. The number of fused-ring (bicyclic) bond motifs is 1. The van der Waals surface area contributed by atoms with Crippen LogP contribution in [0.15, 0.2) is 29.1 Å². The first-order valence-electron chi connectivity index (χ1n) is 6.65. The van der Waals surface area contributed by atoms with Crippen LogP contribution in [0.1, 0.15) is 29.7 Å². The van der Waals surface area contributed by atoms with E-state index in [2.05, 4.69) is 4.98 Å². The van der Waals surface area contributed by atoms with Crippen molar-refractivity contribution in [2.75, 3.05) is 0 Å². The van der Waals surface area contributed by atoms with Gasteiger partial charge in [-0.2, -0.15) is 5.26 Å². The first kappa shape index (κ1) is 13.0. The molecule has 0 fully saturated rings. The maximum absolute atomic E-state index is 12.1. The summed E-state index contributed by atoms with van der Waals surface area (Å²) in [6.07, 6.45) is 3.87. The van der Waals surface area contributed by atoms with Gasteiger partial charge in [0, 0.05) is 21.8 Å². The molecule has 1 heterocycles. The summed E-state index contributed by atoms with van der Waals surface area (Å²) in [6, 6.07) is 9.41. The summed E-state index contributed by atoms with van der Waals surface area (Å²) in [7, 11) is 0. The molecule has 1 aromatic heterocycles. The first-order valence-corrected chi connectivity index (χ1v) is 7.03. The second kappa shape index (κ2) is 5.15. The summed E-state index contributed by atoms with van der Waals surface area (Å²) in [4.78, 5) is 15.0. The highest BCUT2D eigenvalue weighted by molar-refractivity contribution is 6.33. The van der Waals surface area contributed by atoms with Crippen molar-refractivity contribution in [3.05, 3.63) is 56.5 Å². The Labute approximate surface area is 121 Å². The zero-order valence-corrected chi connectivity index (χ0v) is 11.6. The molecule has 0 saturated carbocycles. The van der Waals surface area contributed by atoms with Crippen LogP contribution in [-0.4, -0.2) is 4.98 Å². The monoisotopic (exact) mass is 284 g/mol. The highest BCUT2D eigenvalue weighted by atomic mass is 35.5. The number of nitriles is 1. The van der Waals surface area contributed by atoms with Crippen molar-refractivity contribution < 1.29 is 0 Å². The van der Waals surface area contributed by atoms with Gasteiger partial charge < -0.3 is 4.98 Å². The minimum Gasteiger partial charge on any atom is -0.325 e. The Morgan fingerprint density at radius 1 is 1.20 bits per heavy atom. The molecule has 100 valence electrons. The van der Waals surface area contributed by atoms with Crippen LogP contribution in [0, 0.1) is 11.3 Å². The molecule has 1 aliphatic carbocycles. The number of hydrogen-bond donors (Lipinski definition) is 1. The number of pyridine rings is 1. The van der Waals surface area contributed by atoms with Crippen molar-refractivity contribution in [3.63, 3.8) is 0 Å². The summed E-state index contributed by atoms with van der Waals surface area (Å²) in [5.41, 5.74) is 3.36. The summed E-state index contributed by atoms with van der Waals surface area (Å²) < 4.78 is 0. The smallest absolute Gasteiger partial charge is 0.266 e. The van der Waals surface area contributed by atoms with E-state index in [0.717, 1.165) is 48.1 Å². The topological polar surface area (TPSA) is 56.6 Å². The van der Waals surface area contributed by atoms with Crippen molar-refractivity contribution in [2.45, 2.75) is 25.7 Å². The van der Waals surface area contributed by atoms with Crippen molar-refractivity contribution in [1.29, 1.82) is 5.26 Å². The van der Waals surface area contributed by atoms with E-state index in [0.29, 0.717) is 5.02 Å². The van der Waals surface area contributed by atoms with Gasteiger partial charge in [0.15, 0.2) is 0 Å². The predicted molar refractivity (Wildman–Crippen MR) is 78.9 cm³/mol. The Hall–Kier alpha value is -2.05. The molecule has 2 aromatic rings. The number of aryl methyl sites for hydroxylation is 1. The zero-order chi connectivity index (χ0) is 14.1. The van der Waals surface area contributed by atoms with Gasteiger partial charge in [0.1, 0.15) is 11.6 Å². The number of H-pyrrole nitrogens is 1. The van der Waals surface area contributed by atoms with Gasteiger partial charge in [-0.15, -0.1) is 0 Å². The van der Waals surface area contributed by atoms with E-state index in [1.165, 1.54) is 0 Å². The van der Waals surface area contributed by atoms with Crippen LogP contribution >= 0.6 is 11.6 Å². The average Bonchev–Trinajstić information content (AvgIpc) is 2.46. The van der Waals surface area contributed by atoms with E-state index in [4.69, 9.17) is 11.6 Å². The number of hydrogen-bond acceptors (Lipinski definition) is 2. The minimum atomic E-state index is -0.317. The molecule has 0 radical (unpaired) electrons. The molecule has 3 rings (SSSR count). The van der Waals surface area contributed by atoms with Gasteiger partial charge >= 0.3 is 0 Å². The molecule has 1 N–H and O–H groups in total. The molecule has 1 aliphatic rings. The summed E-state index contributed by atoms with van der Waals surface area (Å²) in [5.74, 6) is 0. The van der Waals surface area contributed by atoms with Gasteiger partial charge in [-0.3, -0.25) is 4.79 Å². The second-order valence-electron chi connectivity index (χ2n) is 4.96. The van der Waals surface area contributed by atoms with Crippen LogP contribution in [0.4, 0.5) is 0 Å². The van der Waals surface area contributed by atoms with Crippen LogP contribution in [0.25, 0.3) is 11.1 Å². The number of aromatic amines is 1. The van der Waals surface area contributed by atoms with Crippen molar-refractivity contribution in [2.24, 2.45) is 0 Å². The Morgan fingerprint density at radius 2 is 1.95 bits per heavy atom. The molecular formula is C16H13ClN2O. The van der Waals surface area contributed by atoms with Gasteiger partial charge in [-0.05, 0) is 37.3 Å². The largest absolute Gasteiger partial charge is 0.325 e. The van der Waals surface area contributed by atoms with Crippen molar-refractivity contribution in [1.82, 2.24) is 4.98 Å². The number of nitrogens with zero attached hydrogens (tertiary/aromatic N) is 1. The Kier molecular flexibility index (Phi) is 3.33. The van der Waals surface area contributed by atoms with E-state index in [9.17, 15) is 10.1 Å². The number of benzene rings is 1. The SMILES string of the molecule is N#Cc1c(-c2ccccc2Cl)c2c([nH]c1=O)CCCC2. The molecule has 0 saturated heterocycles. The lowest BCUT2D eigenvalue weighted by Crippen LogP contribution is -2.20. The van der Waals surface area contributed by atoms with E-state index < -0.39 is 0 Å². The number of rotatable bonds is 1. The Bertz CT molecular complexity index is 771. The van der Waals surface area contributed by atoms with Crippen molar-refractivity contribution >= 4 is 11.6 Å². The van der Waals surface area contributed by atoms with Gasteiger partial charge in [-0.25, -0.2) is 0 Å². The van der Waals surface area contributed by atoms with Crippen LogP contribution < -0.4 is 5.56 Å². The molecule has 0 bridgehead atoms. The van der Waals surface area contributed by atoms with Crippen LogP contribution in [-0.2, 0) is 12.8 Å². The molecule has 0 atom stereocenters. The molecule has 4 heteroatoms. The lowest BCUT2D eigenvalue weighted by molar-refractivity contribution is 0.666. The van der Waals surface area contributed by atoms with Gasteiger partial charge in [0.25, 0.3) is 5.56 Å². The van der Waals surface area contributed by atoms with Crippen LogP contribution in [0.5, 0.6) is 0 Å². The number of aromatic nitrogens is 1. The van der Waals surface area contributed by atoms with E-state index in [-0.39, 0.29) is 11.1 Å². The molecule has 20 heavy (non-hydrogen) atoms. The maximum Gasteiger partial charge on any atom is 0.266 e. The van der Waals surface area contributed by atoms with Gasteiger partial charge in [-0.1, -0.05) is 29.8 Å². The van der Waals surface area contributed by atoms with Crippen molar-refractivity contribution in [3.8, 4) is 17.2 Å². The number of nitrogens with one attached hydrogen (secondary N) is 1. The molecule has 0 spiro atoms. The maximum atomic E-state index is 12.1. The quantitative estimate of drug-likeness (QED) is 0.872. The third-order valence-electron chi connectivity index (χ3n) is 3.77. The van der Waals surface area contributed by atoms with Crippen LogP contribution in [0.3, 0.4) is 0 Å². The lowest BCUT2D eigenvalue weighted by Gasteiger charge is -2.20. The fourth-order valence-corrected chi connectivity index (χ4v) is 3.08. The average molecular weight is 285 g/mol. The van der Waals surface area contributed by atoms with Gasteiger partial charge in [0.05, 0.1) is 0 Å². The highest BCUT2D eigenvalue weighted by Crippen LogP contribution is 2.35. The third kappa shape index (κ3) is 2.03. The Morgan fingerprint density at radius 3 is 2.70 bits per heavy atom. The zero-order valence-electron chi connectivity index (χ0n) is 10.9. The fourth-order valence-electron chi connectivity index (χ4n) is 2.85. The standard InChI is InChI=1S/C16H13ClN2O/c17-13-7-3-1-5-10(13)15-11-6-2-4-8-14(11)19-16(20)12(15)9-18/h1,3,5,7H,2,4,6,8H2,(H,19,20). The highest BCUT2D eigenvalue weighted by Gasteiger charge is 2.22. The second-order valence-corrected chi connectivity index (χ2v) is 5.37. The lowest BCUT2D eigenvalue weighted by atomic mass is 9.87. The molecule has 3 nitrogen and oxygen atoms in total. The molecular weight excluding hydrogens is 272 g/mol. The van der Waals surface area contributed by atoms with Gasteiger partial charge in [0.2, 0.25) is 0 Å². The Balaban J connectivity index is 2.39. The number of halogens is 1.